The van der Waals surface area contributed by atoms with E-state index in [2.05, 4.69) is 4.99 Å². The molecule has 6 heteroatoms. The fourth-order valence-corrected chi connectivity index (χ4v) is 1.41. The van der Waals surface area contributed by atoms with Crippen LogP contribution in [0, 0.1) is 0 Å². The highest BCUT2D eigenvalue weighted by atomic mass is 19.4. The van der Waals surface area contributed by atoms with Crippen LogP contribution in [0.5, 0.6) is 5.75 Å². The predicted octanol–water partition coefficient (Wildman–Crippen LogP) is 2.97. The third-order valence-corrected chi connectivity index (χ3v) is 2.23. The first-order valence-corrected chi connectivity index (χ1v) is 5.08. The van der Waals surface area contributed by atoms with E-state index in [-0.39, 0.29) is 23.8 Å². The van der Waals surface area contributed by atoms with Gasteiger partial charge in [0.25, 0.3) is 0 Å². The molecular weight excluding hydrogens is 247 g/mol. The quantitative estimate of drug-likeness (QED) is 0.814. The van der Waals surface area contributed by atoms with Crippen molar-refractivity contribution in [2.24, 2.45) is 4.99 Å². The standard InChI is InChI=1S/C12H8F3NO2/c13-12(14,15)9-3-1-2-4-10(9)18-8-5-6-11(17)16-7-8/h1-5,7H,6H2. The SMILES string of the molecule is O=C1CC=C(Oc2ccccc2C(F)(F)F)C=N1. The fourth-order valence-electron chi connectivity index (χ4n) is 1.41. The summed E-state index contributed by atoms with van der Waals surface area (Å²) in [7, 11) is 0. The van der Waals surface area contributed by atoms with Crippen molar-refractivity contribution in [3.8, 4) is 5.75 Å². The molecule has 3 nitrogen and oxygen atoms in total. The van der Waals surface area contributed by atoms with Gasteiger partial charge in [-0.2, -0.15) is 13.2 Å². The third-order valence-electron chi connectivity index (χ3n) is 2.23. The molecule has 18 heavy (non-hydrogen) atoms. The first-order chi connectivity index (χ1) is 8.47. The van der Waals surface area contributed by atoms with Crippen molar-refractivity contribution < 1.29 is 22.7 Å². The van der Waals surface area contributed by atoms with Gasteiger partial charge in [0, 0.05) is 0 Å². The summed E-state index contributed by atoms with van der Waals surface area (Å²) in [4.78, 5) is 14.3. The van der Waals surface area contributed by atoms with Gasteiger partial charge in [0.15, 0.2) is 0 Å². The van der Waals surface area contributed by atoms with Crippen LogP contribution < -0.4 is 4.74 Å². The van der Waals surface area contributed by atoms with Crippen LogP contribution in [0.2, 0.25) is 0 Å². The molecule has 1 heterocycles. The molecule has 0 spiro atoms. The lowest BCUT2D eigenvalue weighted by Crippen LogP contribution is -2.11. The van der Waals surface area contributed by atoms with Gasteiger partial charge in [-0.3, -0.25) is 4.79 Å². The summed E-state index contributed by atoms with van der Waals surface area (Å²) in [6.07, 6.45) is -1.96. The number of amides is 1. The molecule has 0 saturated carbocycles. The summed E-state index contributed by atoms with van der Waals surface area (Å²) in [5.41, 5.74) is -0.865. The molecule has 0 bridgehead atoms. The zero-order valence-electron chi connectivity index (χ0n) is 9.07. The van der Waals surface area contributed by atoms with Gasteiger partial charge >= 0.3 is 6.18 Å². The van der Waals surface area contributed by atoms with Crippen molar-refractivity contribution >= 4 is 12.1 Å². The number of hydrogen-bond donors (Lipinski definition) is 0. The molecule has 1 aromatic rings. The maximum Gasteiger partial charge on any atom is 0.419 e. The van der Waals surface area contributed by atoms with Crippen molar-refractivity contribution in [3.05, 3.63) is 41.7 Å². The van der Waals surface area contributed by atoms with Crippen molar-refractivity contribution in [1.29, 1.82) is 0 Å². The number of aliphatic imine (C=N–C) groups is 1. The van der Waals surface area contributed by atoms with Gasteiger partial charge in [0.2, 0.25) is 5.91 Å². The molecule has 0 fully saturated rings. The van der Waals surface area contributed by atoms with Crippen LogP contribution in [0.4, 0.5) is 13.2 Å². The molecular formula is C12H8F3NO2. The Bertz CT molecular complexity index is 532. The largest absolute Gasteiger partial charge is 0.455 e. The molecule has 94 valence electrons. The Morgan fingerprint density at radius 3 is 2.56 bits per heavy atom. The van der Waals surface area contributed by atoms with Gasteiger partial charge in [-0.15, -0.1) is 0 Å². The first kappa shape index (κ1) is 12.3. The van der Waals surface area contributed by atoms with Gasteiger partial charge in [-0.25, -0.2) is 4.99 Å². The number of para-hydroxylation sites is 1. The summed E-state index contributed by atoms with van der Waals surface area (Å²) in [5, 5.41) is 0. The molecule has 2 rings (SSSR count). The summed E-state index contributed by atoms with van der Waals surface area (Å²) < 4.78 is 43.1. The van der Waals surface area contributed by atoms with Gasteiger partial charge in [0.1, 0.15) is 11.5 Å². The monoisotopic (exact) mass is 255 g/mol. The molecule has 0 unspecified atom stereocenters. The number of nitrogens with zero attached hydrogens (tertiary/aromatic N) is 1. The molecule has 1 amide bonds. The lowest BCUT2D eigenvalue weighted by Gasteiger charge is -2.14. The third kappa shape index (κ3) is 2.77. The normalized spacial score (nSPS) is 15.5. The number of dihydropyridines is 1. The van der Waals surface area contributed by atoms with Gasteiger partial charge < -0.3 is 4.74 Å². The van der Waals surface area contributed by atoms with Crippen LogP contribution in [0.15, 0.2) is 41.1 Å². The molecule has 0 aliphatic carbocycles. The Kier molecular flexibility index (Phi) is 3.18. The number of benzene rings is 1. The smallest absolute Gasteiger partial charge is 0.419 e. The second-order valence-corrected chi connectivity index (χ2v) is 3.56. The Morgan fingerprint density at radius 2 is 1.94 bits per heavy atom. The average molecular weight is 255 g/mol. The highest BCUT2D eigenvalue weighted by Crippen LogP contribution is 2.36. The van der Waals surface area contributed by atoms with Crippen LogP contribution >= 0.6 is 0 Å². The van der Waals surface area contributed by atoms with Crippen LogP contribution in [0.1, 0.15) is 12.0 Å². The number of ether oxygens (including phenoxy) is 1. The minimum atomic E-state index is -4.49. The Balaban J connectivity index is 2.25. The van der Waals surface area contributed by atoms with E-state index in [1.807, 2.05) is 0 Å². The minimum Gasteiger partial charge on any atom is -0.455 e. The minimum absolute atomic E-state index is 0.0278. The van der Waals surface area contributed by atoms with Crippen molar-refractivity contribution in [3.63, 3.8) is 0 Å². The lowest BCUT2D eigenvalue weighted by atomic mass is 10.2. The second-order valence-electron chi connectivity index (χ2n) is 3.56. The molecule has 0 aromatic heterocycles. The highest BCUT2D eigenvalue weighted by Gasteiger charge is 2.34. The fraction of sp³-hybridized carbons (Fsp3) is 0.167. The molecule has 0 atom stereocenters. The van der Waals surface area contributed by atoms with E-state index in [9.17, 15) is 18.0 Å². The van der Waals surface area contributed by atoms with E-state index in [1.165, 1.54) is 24.3 Å². The summed E-state index contributed by atoms with van der Waals surface area (Å²) >= 11 is 0. The van der Waals surface area contributed by atoms with Crippen LogP contribution in [-0.4, -0.2) is 12.1 Å². The van der Waals surface area contributed by atoms with E-state index in [4.69, 9.17) is 4.74 Å². The summed E-state index contributed by atoms with van der Waals surface area (Å²) in [5.74, 6) is -0.533. The van der Waals surface area contributed by atoms with E-state index >= 15 is 0 Å². The van der Waals surface area contributed by atoms with E-state index < -0.39 is 11.7 Å². The number of carbonyl (C=O) groups excluding carboxylic acids is 1. The predicted molar refractivity (Wildman–Crippen MR) is 58.3 cm³/mol. The van der Waals surface area contributed by atoms with E-state index in [1.54, 1.807) is 0 Å². The number of rotatable bonds is 2. The zero-order chi connectivity index (χ0) is 13.2. The van der Waals surface area contributed by atoms with Gasteiger partial charge in [0.05, 0.1) is 18.2 Å². The molecule has 0 saturated heterocycles. The molecule has 0 N–H and O–H groups in total. The Hall–Kier alpha value is -2.11. The van der Waals surface area contributed by atoms with E-state index in [0.717, 1.165) is 12.3 Å². The number of alkyl halides is 3. The van der Waals surface area contributed by atoms with Crippen LogP contribution in [-0.2, 0) is 11.0 Å². The van der Waals surface area contributed by atoms with Crippen molar-refractivity contribution in [2.75, 3.05) is 0 Å². The van der Waals surface area contributed by atoms with E-state index in [0.29, 0.717) is 0 Å². The lowest BCUT2D eigenvalue weighted by molar-refractivity contribution is -0.138. The summed E-state index contributed by atoms with van der Waals surface area (Å²) in [6.45, 7) is 0. The van der Waals surface area contributed by atoms with Crippen molar-refractivity contribution in [2.45, 2.75) is 12.6 Å². The highest BCUT2D eigenvalue weighted by molar-refractivity contribution is 5.94. The number of carbonyl (C=O) groups is 1. The van der Waals surface area contributed by atoms with Crippen molar-refractivity contribution in [1.82, 2.24) is 0 Å². The molecule has 1 aliphatic heterocycles. The van der Waals surface area contributed by atoms with Crippen LogP contribution in [0.3, 0.4) is 0 Å². The Morgan fingerprint density at radius 1 is 1.22 bits per heavy atom. The first-order valence-electron chi connectivity index (χ1n) is 5.08. The van der Waals surface area contributed by atoms with Gasteiger partial charge in [-0.1, -0.05) is 12.1 Å². The summed E-state index contributed by atoms with van der Waals surface area (Å²) in [6, 6.07) is 4.87. The average Bonchev–Trinajstić information content (AvgIpc) is 2.31. The van der Waals surface area contributed by atoms with Gasteiger partial charge in [-0.05, 0) is 18.2 Å². The number of hydrogen-bond acceptors (Lipinski definition) is 2. The molecule has 0 radical (unpaired) electrons. The maximum absolute atomic E-state index is 12.7. The van der Waals surface area contributed by atoms with Crippen LogP contribution in [0.25, 0.3) is 0 Å². The molecule has 1 aliphatic rings. The second kappa shape index (κ2) is 4.64. The number of allylic oxidation sites excluding steroid dienone is 1. The zero-order valence-corrected chi connectivity index (χ0v) is 9.07. The topological polar surface area (TPSA) is 38.7 Å². The molecule has 1 aromatic carbocycles. The Labute approximate surface area is 101 Å². The number of halogens is 3. The maximum atomic E-state index is 12.7.